The molecule has 0 fully saturated rings. The van der Waals surface area contributed by atoms with Gasteiger partial charge in [-0.15, -0.1) is 0 Å². The fraction of sp³-hybridized carbons (Fsp3) is 0.0476. The summed E-state index contributed by atoms with van der Waals surface area (Å²) in [7, 11) is 0. The molecule has 0 radical (unpaired) electrons. The van der Waals surface area contributed by atoms with Gasteiger partial charge >= 0.3 is 0 Å². The van der Waals surface area contributed by atoms with Crippen molar-refractivity contribution in [1.29, 1.82) is 0 Å². The number of nitrogens with one attached hydrogen (secondary N) is 2. The Morgan fingerprint density at radius 2 is 1.61 bits per heavy atom. The summed E-state index contributed by atoms with van der Waals surface area (Å²) in [5.41, 5.74) is 5.60. The van der Waals surface area contributed by atoms with Gasteiger partial charge in [0.15, 0.2) is 5.11 Å². The van der Waals surface area contributed by atoms with Gasteiger partial charge in [-0.05, 0) is 36.5 Å². The number of hydrogen-bond donors (Lipinski definition) is 2. The number of hydrogen-bond acceptors (Lipinski definition) is 3. The molecule has 0 atom stereocenters. The molecule has 0 aliphatic carbocycles. The Morgan fingerprint density at radius 1 is 0.964 bits per heavy atom. The van der Waals surface area contributed by atoms with Gasteiger partial charge in [0.25, 0.3) is 0 Å². The molecule has 1 heterocycles. The second-order valence-corrected chi connectivity index (χ2v) is 7.37. The molecular formula is C21H15Cl2N3OS. The second-order valence-electron chi connectivity index (χ2n) is 6.12. The van der Waals surface area contributed by atoms with E-state index in [-0.39, 0.29) is 6.04 Å². The minimum Gasteiger partial charge on any atom is -0.457 e. The van der Waals surface area contributed by atoms with Crippen molar-refractivity contribution in [3.63, 3.8) is 0 Å². The molecule has 0 spiro atoms. The van der Waals surface area contributed by atoms with Gasteiger partial charge in [0.05, 0.1) is 17.3 Å². The third kappa shape index (κ3) is 3.97. The van der Waals surface area contributed by atoms with Gasteiger partial charge in [0.2, 0.25) is 0 Å². The molecule has 4 nitrogen and oxygen atoms in total. The van der Waals surface area contributed by atoms with Gasteiger partial charge in [-0.25, -0.2) is 0 Å². The molecule has 0 bridgehead atoms. The van der Waals surface area contributed by atoms with Gasteiger partial charge in [0, 0.05) is 21.7 Å². The van der Waals surface area contributed by atoms with E-state index in [1.165, 1.54) is 0 Å². The minimum absolute atomic E-state index is 0.143. The highest BCUT2D eigenvalue weighted by atomic mass is 35.5. The van der Waals surface area contributed by atoms with Crippen LogP contribution < -0.4 is 15.5 Å². The first kappa shape index (κ1) is 18.7. The first-order chi connectivity index (χ1) is 13.6. The van der Waals surface area contributed by atoms with Gasteiger partial charge in [-0.2, -0.15) is 5.10 Å². The van der Waals surface area contributed by atoms with Crippen molar-refractivity contribution in [1.82, 2.24) is 10.7 Å². The monoisotopic (exact) mass is 427 g/mol. The summed E-state index contributed by atoms with van der Waals surface area (Å²) in [5, 5.41) is 8.96. The average Bonchev–Trinajstić information content (AvgIpc) is 2.69. The van der Waals surface area contributed by atoms with E-state index in [9.17, 15) is 0 Å². The topological polar surface area (TPSA) is 45.7 Å². The highest BCUT2D eigenvalue weighted by molar-refractivity contribution is 7.80. The molecular weight excluding hydrogens is 413 g/mol. The number of thiocarbonyl (C=S) groups is 1. The zero-order valence-electron chi connectivity index (χ0n) is 14.5. The lowest BCUT2D eigenvalue weighted by molar-refractivity contribution is 0.441. The van der Waals surface area contributed by atoms with Crippen LogP contribution in [0.25, 0.3) is 0 Å². The van der Waals surface area contributed by atoms with Crippen molar-refractivity contribution >= 4 is 46.7 Å². The zero-order chi connectivity index (χ0) is 19.5. The van der Waals surface area contributed by atoms with Crippen LogP contribution >= 0.6 is 35.4 Å². The molecule has 0 aromatic heterocycles. The third-order valence-corrected chi connectivity index (χ3v) is 5.06. The van der Waals surface area contributed by atoms with E-state index in [0.717, 1.165) is 28.2 Å². The number of ether oxygens (including phenoxy) is 1. The molecule has 0 saturated carbocycles. The fourth-order valence-corrected chi connectivity index (χ4v) is 3.62. The molecule has 3 aromatic carbocycles. The predicted molar refractivity (Wildman–Crippen MR) is 118 cm³/mol. The van der Waals surface area contributed by atoms with Gasteiger partial charge < -0.3 is 10.1 Å². The Bertz CT molecular complexity index is 1030. The van der Waals surface area contributed by atoms with Crippen molar-refractivity contribution in [2.75, 3.05) is 0 Å². The number of nitrogens with zero attached hydrogens (tertiary/aromatic N) is 1. The van der Waals surface area contributed by atoms with E-state index >= 15 is 0 Å². The highest BCUT2D eigenvalue weighted by Crippen LogP contribution is 2.42. The molecule has 1 aliphatic heterocycles. The summed E-state index contributed by atoms with van der Waals surface area (Å²) in [6.45, 7) is 0. The quantitative estimate of drug-likeness (QED) is 0.320. The van der Waals surface area contributed by atoms with Crippen LogP contribution in [0, 0.1) is 0 Å². The van der Waals surface area contributed by atoms with E-state index in [1.54, 1.807) is 24.4 Å². The van der Waals surface area contributed by atoms with Crippen LogP contribution in [-0.2, 0) is 0 Å². The summed E-state index contributed by atoms with van der Waals surface area (Å²) >= 11 is 17.5. The van der Waals surface area contributed by atoms with Crippen LogP contribution in [0.1, 0.15) is 22.7 Å². The Labute approximate surface area is 178 Å². The Kier molecular flexibility index (Phi) is 5.48. The lowest BCUT2D eigenvalue weighted by Gasteiger charge is -2.29. The number of para-hydroxylation sites is 2. The number of fused-ring (bicyclic) bond motifs is 2. The maximum atomic E-state index is 6.15. The van der Waals surface area contributed by atoms with E-state index in [2.05, 4.69) is 15.8 Å². The predicted octanol–water partition coefficient (Wildman–Crippen LogP) is 5.69. The molecule has 0 saturated heterocycles. The summed E-state index contributed by atoms with van der Waals surface area (Å²) in [5.74, 6) is 1.61. The molecule has 28 heavy (non-hydrogen) atoms. The molecule has 0 unspecified atom stereocenters. The van der Waals surface area contributed by atoms with Crippen LogP contribution in [0.4, 0.5) is 0 Å². The normalized spacial score (nSPS) is 12.8. The summed E-state index contributed by atoms with van der Waals surface area (Å²) in [4.78, 5) is 0. The number of rotatable bonds is 3. The first-order valence-electron chi connectivity index (χ1n) is 8.52. The lowest BCUT2D eigenvalue weighted by atomic mass is 9.95. The second kappa shape index (κ2) is 8.19. The minimum atomic E-state index is -0.143. The fourth-order valence-electron chi connectivity index (χ4n) is 3.00. The van der Waals surface area contributed by atoms with E-state index < -0.39 is 0 Å². The summed E-state index contributed by atoms with van der Waals surface area (Å²) < 4.78 is 5.99. The van der Waals surface area contributed by atoms with Crippen molar-refractivity contribution < 1.29 is 4.74 Å². The maximum Gasteiger partial charge on any atom is 0.187 e. The highest BCUT2D eigenvalue weighted by Gasteiger charge is 2.27. The Hall–Kier alpha value is -2.60. The molecule has 3 aromatic rings. The number of hydrazone groups is 1. The Balaban J connectivity index is 1.51. The van der Waals surface area contributed by atoms with Crippen LogP contribution in [0.2, 0.25) is 10.0 Å². The number of halogens is 2. The van der Waals surface area contributed by atoms with Gasteiger partial charge in [-0.3, -0.25) is 5.43 Å². The molecule has 140 valence electrons. The third-order valence-electron chi connectivity index (χ3n) is 4.29. The van der Waals surface area contributed by atoms with Crippen LogP contribution in [0.15, 0.2) is 71.8 Å². The number of benzene rings is 3. The van der Waals surface area contributed by atoms with E-state index in [1.807, 2.05) is 48.5 Å². The lowest BCUT2D eigenvalue weighted by Crippen LogP contribution is -2.36. The molecule has 4 rings (SSSR count). The largest absolute Gasteiger partial charge is 0.457 e. The van der Waals surface area contributed by atoms with Gasteiger partial charge in [-0.1, -0.05) is 65.7 Å². The summed E-state index contributed by atoms with van der Waals surface area (Å²) in [6, 6.07) is 20.8. The molecule has 1 aliphatic rings. The van der Waals surface area contributed by atoms with Crippen LogP contribution in [0.3, 0.4) is 0 Å². The van der Waals surface area contributed by atoms with E-state index in [0.29, 0.717) is 15.2 Å². The van der Waals surface area contributed by atoms with Crippen LogP contribution in [0.5, 0.6) is 11.5 Å². The standard InChI is InChI=1S/C21H15Cl2N3OS/c22-14-10-9-13(17(23)11-14)12-24-26-21(28)25-20-15-5-1-3-7-18(15)27-19-8-4-2-6-16(19)20/h1-12,20H,(H2,25,26,28). The van der Waals surface area contributed by atoms with Crippen molar-refractivity contribution in [2.45, 2.75) is 6.04 Å². The molecule has 7 heteroatoms. The van der Waals surface area contributed by atoms with Crippen molar-refractivity contribution in [3.05, 3.63) is 93.5 Å². The average molecular weight is 428 g/mol. The maximum absolute atomic E-state index is 6.15. The van der Waals surface area contributed by atoms with E-state index in [4.69, 9.17) is 40.2 Å². The first-order valence-corrected chi connectivity index (χ1v) is 9.68. The summed E-state index contributed by atoms with van der Waals surface area (Å²) in [6.07, 6.45) is 1.60. The van der Waals surface area contributed by atoms with Crippen molar-refractivity contribution in [2.24, 2.45) is 5.10 Å². The zero-order valence-corrected chi connectivity index (χ0v) is 16.9. The molecule has 2 N–H and O–H groups in total. The molecule has 0 amide bonds. The SMILES string of the molecule is S=C(NN=Cc1ccc(Cl)cc1Cl)NC1c2ccccc2Oc2ccccc21. The van der Waals surface area contributed by atoms with Crippen molar-refractivity contribution in [3.8, 4) is 11.5 Å². The van der Waals surface area contributed by atoms with Gasteiger partial charge in [0.1, 0.15) is 11.5 Å². The smallest absolute Gasteiger partial charge is 0.187 e. The Morgan fingerprint density at radius 3 is 2.25 bits per heavy atom. The van der Waals surface area contributed by atoms with Crippen LogP contribution in [-0.4, -0.2) is 11.3 Å².